The third-order valence-electron chi connectivity index (χ3n) is 3.56. The molecule has 0 radical (unpaired) electrons. The number of hydrogen-bond donors (Lipinski definition) is 2. The van der Waals surface area contributed by atoms with E-state index in [9.17, 15) is 0 Å². The molecule has 0 bridgehead atoms. The zero-order valence-electron chi connectivity index (χ0n) is 11.1. The Bertz CT molecular complexity index is 373. The van der Waals surface area contributed by atoms with Crippen LogP contribution in [-0.4, -0.2) is 18.1 Å². The van der Waals surface area contributed by atoms with Gasteiger partial charge in [-0.05, 0) is 18.9 Å². The van der Waals surface area contributed by atoms with Crippen molar-refractivity contribution in [1.29, 1.82) is 0 Å². The van der Waals surface area contributed by atoms with E-state index in [1.165, 1.54) is 44.9 Å². The topological polar surface area (TPSA) is 60.2 Å². The van der Waals surface area contributed by atoms with Gasteiger partial charge in [0, 0.05) is 12.1 Å². The molecule has 1 saturated carbocycles. The molecule has 0 aliphatic heterocycles. The molecule has 4 heteroatoms. The molecule has 18 heavy (non-hydrogen) atoms. The van der Waals surface area contributed by atoms with Gasteiger partial charge in [0.1, 0.15) is 0 Å². The highest BCUT2D eigenvalue weighted by molar-refractivity contribution is 5.62. The van der Waals surface area contributed by atoms with Crippen molar-refractivity contribution in [2.24, 2.45) is 0 Å². The Labute approximate surface area is 109 Å². The van der Waals surface area contributed by atoms with Crippen molar-refractivity contribution in [3.8, 4) is 5.88 Å². The van der Waals surface area contributed by atoms with Gasteiger partial charge in [0.15, 0.2) is 5.82 Å². The maximum atomic E-state index is 5.95. The summed E-state index contributed by atoms with van der Waals surface area (Å²) in [5.74, 6) is 1.37. The van der Waals surface area contributed by atoms with Crippen molar-refractivity contribution in [1.82, 2.24) is 4.98 Å². The zero-order valence-corrected chi connectivity index (χ0v) is 11.1. The monoisotopic (exact) mass is 249 g/mol. The molecule has 3 N–H and O–H groups in total. The lowest BCUT2D eigenvalue weighted by Gasteiger charge is -2.22. The van der Waals surface area contributed by atoms with E-state index in [2.05, 4.69) is 10.3 Å². The Morgan fingerprint density at radius 2 is 1.83 bits per heavy atom. The highest BCUT2D eigenvalue weighted by atomic mass is 16.5. The lowest BCUT2D eigenvalue weighted by molar-refractivity contribution is 0.398. The van der Waals surface area contributed by atoms with Crippen LogP contribution < -0.4 is 15.8 Å². The second-order valence-corrected chi connectivity index (χ2v) is 4.98. The van der Waals surface area contributed by atoms with Gasteiger partial charge in [-0.15, -0.1) is 0 Å². The van der Waals surface area contributed by atoms with Crippen molar-refractivity contribution in [3.63, 3.8) is 0 Å². The molecule has 100 valence electrons. The number of nitrogen functional groups attached to an aromatic ring is 1. The molecule has 0 aromatic carbocycles. The summed E-state index contributed by atoms with van der Waals surface area (Å²) >= 11 is 0. The van der Waals surface area contributed by atoms with Crippen molar-refractivity contribution in [2.75, 3.05) is 18.2 Å². The summed E-state index contributed by atoms with van der Waals surface area (Å²) in [6.45, 7) is 0. The first-order valence-corrected chi connectivity index (χ1v) is 6.86. The lowest BCUT2D eigenvalue weighted by Crippen LogP contribution is -2.22. The number of anilines is 2. The van der Waals surface area contributed by atoms with Gasteiger partial charge in [-0.2, -0.15) is 4.98 Å². The van der Waals surface area contributed by atoms with Gasteiger partial charge in [-0.25, -0.2) is 0 Å². The highest BCUT2D eigenvalue weighted by Crippen LogP contribution is 2.24. The molecule has 1 aliphatic rings. The van der Waals surface area contributed by atoms with Crippen LogP contribution in [0.15, 0.2) is 12.1 Å². The first kappa shape index (κ1) is 13.0. The number of ether oxygens (including phenoxy) is 1. The van der Waals surface area contributed by atoms with E-state index < -0.39 is 0 Å². The molecule has 1 heterocycles. The van der Waals surface area contributed by atoms with Gasteiger partial charge in [0.2, 0.25) is 5.88 Å². The molecule has 1 aliphatic carbocycles. The molecule has 0 amide bonds. The first-order chi connectivity index (χ1) is 8.79. The Kier molecular flexibility index (Phi) is 4.67. The summed E-state index contributed by atoms with van der Waals surface area (Å²) in [6, 6.07) is 4.13. The second kappa shape index (κ2) is 6.47. The molecule has 0 spiro atoms. The smallest absolute Gasteiger partial charge is 0.215 e. The maximum absolute atomic E-state index is 5.95. The number of aromatic nitrogens is 1. The van der Waals surface area contributed by atoms with Crippen molar-refractivity contribution in [3.05, 3.63) is 12.1 Å². The Hall–Kier alpha value is -1.45. The molecule has 1 aromatic heterocycles. The van der Waals surface area contributed by atoms with Gasteiger partial charge >= 0.3 is 0 Å². The van der Waals surface area contributed by atoms with Gasteiger partial charge in [-0.1, -0.05) is 32.1 Å². The molecule has 4 nitrogen and oxygen atoms in total. The van der Waals surface area contributed by atoms with Crippen LogP contribution in [0.1, 0.15) is 44.9 Å². The van der Waals surface area contributed by atoms with E-state index in [4.69, 9.17) is 10.5 Å². The fourth-order valence-corrected chi connectivity index (χ4v) is 2.48. The molecule has 2 rings (SSSR count). The SMILES string of the molecule is COc1ccc(N)c(NC2CCCCCCC2)n1. The van der Waals surface area contributed by atoms with Gasteiger partial charge in [0.05, 0.1) is 12.8 Å². The minimum absolute atomic E-state index is 0.493. The standard InChI is InChI=1S/C14H23N3O/c1-18-13-10-9-12(15)14(17-13)16-11-7-5-3-2-4-6-8-11/h9-11H,2-8,15H2,1H3,(H,16,17). The van der Waals surface area contributed by atoms with Crippen LogP contribution in [0.4, 0.5) is 11.5 Å². The molecule has 0 atom stereocenters. The normalized spacial score (nSPS) is 17.8. The highest BCUT2D eigenvalue weighted by Gasteiger charge is 2.13. The third-order valence-corrected chi connectivity index (χ3v) is 3.56. The van der Waals surface area contributed by atoms with Crippen molar-refractivity contribution >= 4 is 11.5 Å². The molecule has 0 unspecified atom stereocenters. The predicted molar refractivity (Wildman–Crippen MR) is 74.9 cm³/mol. The summed E-state index contributed by atoms with van der Waals surface area (Å²) in [5.41, 5.74) is 6.64. The number of nitrogens with two attached hydrogens (primary N) is 1. The van der Waals surface area contributed by atoms with Crippen LogP contribution in [-0.2, 0) is 0 Å². The van der Waals surface area contributed by atoms with Gasteiger partial charge in [-0.3, -0.25) is 0 Å². The number of hydrogen-bond acceptors (Lipinski definition) is 4. The summed E-state index contributed by atoms with van der Waals surface area (Å²) in [6.07, 6.45) is 9.07. The Morgan fingerprint density at radius 1 is 1.17 bits per heavy atom. The fraction of sp³-hybridized carbons (Fsp3) is 0.643. The number of nitrogens with zero attached hydrogens (tertiary/aromatic N) is 1. The van der Waals surface area contributed by atoms with E-state index in [0.717, 1.165) is 5.82 Å². The van der Waals surface area contributed by atoms with Crippen LogP contribution in [0.25, 0.3) is 0 Å². The second-order valence-electron chi connectivity index (χ2n) is 4.98. The van der Waals surface area contributed by atoms with Crippen LogP contribution in [0.3, 0.4) is 0 Å². The summed E-state index contributed by atoms with van der Waals surface area (Å²) in [5, 5.41) is 3.48. The maximum Gasteiger partial charge on any atom is 0.215 e. The molecular weight excluding hydrogens is 226 g/mol. The van der Waals surface area contributed by atoms with Crippen LogP contribution in [0, 0.1) is 0 Å². The van der Waals surface area contributed by atoms with Gasteiger partial charge < -0.3 is 15.8 Å². The van der Waals surface area contributed by atoms with E-state index in [-0.39, 0.29) is 0 Å². The van der Waals surface area contributed by atoms with E-state index in [1.54, 1.807) is 13.2 Å². The summed E-state index contributed by atoms with van der Waals surface area (Å²) in [4.78, 5) is 4.38. The van der Waals surface area contributed by atoms with E-state index in [0.29, 0.717) is 17.6 Å². The first-order valence-electron chi connectivity index (χ1n) is 6.86. The summed E-state index contributed by atoms with van der Waals surface area (Å²) in [7, 11) is 1.62. The largest absolute Gasteiger partial charge is 0.481 e. The fourth-order valence-electron chi connectivity index (χ4n) is 2.48. The van der Waals surface area contributed by atoms with E-state index >= 15 is 0 Å². The van der Waals surface area contributed by atoms with Crippen molar-refractivity contribution in [2.45, 2.75) is 51.0 Å². The van der Waals surface area contributed by atoms with Crippen LogP contribution in [0.5, 0.6) is 5.88 Å². The van der Waals surface area contributed by atoms with Crippen LogP contribution in [0.2, 0.25) is 0 Å². The lowest BCUT2D eigenvalue weighted by atomic mass is 9.97. The number of rotatable bonds is 3. The minimum Gasteiger partial charge on any atom is -0.481 e. The number of pyridine rings is 1. The molecule has 1 aromatic rings. The zero-order chi connectivity index (χ0) is 12.8. The minimum atomic E-state index is 0.493. The quantitative estimate of drug-likeness (QED) is 0.863. The number of methoxy groups -OCH3 is 1. The third kappa shape index (κ3) is 3.52. The van der Waals surface area contributed by atoms with Gasteiger partial charge in [0.25, 0.3) is 0 Å². The van der Waals surface area contributed by atoms with Crippen molar-refractivity contribution < 1.29 is 4.74 Å². The molecule has 1 fully saturated rings. The predicted octanol–water partition coefficient (Wildman–Crippen LogP) is 3.20. The number of nitrogens with one attached hydrogen (secondary N) is 1. The Balaban J connectivity index is 2.02. The molecular formula is C14H23N3O. The average Bonchev–Trinajstić information content (AvgIpc) is 2.35. The Morgan fingerprint density at radius 3 is 2.50 bits per heavy atom. The summed E-state index contributed by atoms with van der Waals surface area (Å²) < 4.78 is 5.14. The molecule has 0 saturated heterocycles. The van der Waals surface area contributed by atoms with Crippen LogP contribution >= 0.6 is 0 Å². The average molecular weight is 249 g/mol. The van der Waals surface area contributed by atoms with E-state index in [1.807, 2.05) is 6.07 Å².